The van der Waals surface area contributed by atoms with E-state index in [9.17, 15) is 0 Å². The highest BCUT2D eigenvalue weighted by Crippen LogP contribution is 2.22. The summed E-state index contributed by atoms with van der Waals surface area (Å²) in [5, 5.41) is 3.51. The van der Waals surface area contributed by atoms with E-state index in [0.29, 0.717) is 5.54 Å². The number of hydrogen-bond donors (Lipinski definition) is 1. The molecule has 84 valence electrons. The Morgan fingerprint density at radius 3 is 2.71 bits per heavy atom. The van der Waals surface area contributed by atoms with Crippen LogP contribution in [0, 0.1) is 5.92 Å². The van der Waals surface area contributed by atoms with E-state index in [1.807, 2.05) is 0 Å². The molecule has 1 saturated heterocycles. The zero-order valence-corrected chi connectivity index (χ0v) is 10.3. The fraction of sp³-hybridized carbons (Fsp3) is 1.00. The van der Waals surface area contributed by atoms with Crippen molar-refractivity contribution in [2.24, 2.45) is 5.92 Å². The van der Waals surface area contributed by atoms with Crippen molar-refractivity contribution in [1.29, 1.82) is 0 Å². The minimum absolute atomic E-state index is 0.391. The highest BCUT2D eigenvalue weighted by Gasteiger charge is 2.32. The van der Waals surface area contributed by atoms with E-state index in [2.05, 4.69) is 37.9 Å². The van der Waals surface area contributed by atoms with Gasteiger partial charge in [-0.1, -0.05) is 27.2 Å². The third-order valence-corrected chi connectivity index (χ3v) is 3.82. The lowest BCUT2D eigenvalue weighted by Gasteiger charge is -2.46. The van der Waals surface area contributed by atoms with Gasteiger partial charge in [0.25, 0.3) is 0 Å². The molecule has 14 heavy (non-hydrogen) atoms. The van der Waals surface area contributed by atoms with Crippen molar-refractivity contribution >= 4 is 0 Å². The van der Waals surface area contributed by atoms with Crippen LogP contribution < -0.4 is 5.32 Å². The number of rotatable bonds is 4. The Morgan fingerprint density at radius 2 is 2.14 bits per heavy atom. The number of nitrogens with zero attached hydrogens (tertiary/aromatic N) is 1. The fourth-order valence-corrected chi connectivity index (χ4v) is 2.12. The molecule has 0 aromatic heterocycles. The average Bonchev–Trinajstić information content (AvgIpc) is 2.21. The Labute approximate surface area is 89.1 Å². The van der Waals surface area contributed by atoms with Gasteiger partial charge in [-0.3, -0.25) is 4.90 Å². The molecule has 0 aliphatic carbocycles. The van der Waals surface area contributed by atoms with E-state index in [-0.39, 0.29) is 0 Å². The van der Waals surface area contributed by atoms with Crippen LogP contribution in [-0.4, -0.2) is 36.6 Å². The summed E-state index contributed by atoms with van der Waals surface area (Å²) in [6.45, 7) is 14.1. The summed E-state index contributed by atoms with van der Waals surface area (Å²) >= 11 is 0. The molecule has 1 fully saturated rings. The van der Waals surface area contributed by atoms with E-state index >= 15 is 0 Å². The SMILES string of the molecule is CCC(C)CN1CCNCC1(C)CC. The second-order valence-corrected chi connectivity index (χ2v) is 4.99. The van der Waals surface area contributed by atoms with Crippen molar-refractivity contribution in [3.8, 4) is 0 Å². The Hall–Kier alpha value is -0.0800. The Morgan fingerprint density at radius 1 is 1.43 bits per heavy atom. The van der Waals surface area contributed by atoms with Gasteiger partial charge in [-0.25, -0.2) is 0 Å². The number of nitrogens with one attached hydrogen (secondary N) is 1. The molecule has 1 N–H and O–H groups in total. The lowest BCUT2D eigenvalue weighted by Crippen LogP contribution is -2.60. The number of piperazine rings is 1. The van der Waals surface area contributed by atoms with Gasteiger partial charge in [-0.15, -0.1) is 0 Å². The van der Waals surface area contributed by atoms with Crippen molar-refractivity contribution in [3.05, 3.63) is 0 Å². The predicted molar refractivity (Wildman–Crippen MR) is 62.6 cm³/mol. The molecule has 0 bridgehead atoms. The highest BCUT2D eigenvalue weighted by molar-refractivity contribution is 4.91. The van der Waals surface area contributed by atoms with Crippen LogP contribution in [0.15, 0.2) is 0 Å². The average molecular weight is 198 g/mol. The molecule has 1 aliphatic rings. The molecule has 2 atom stereocenters. The zero-order valence-electron chi connectivity index (χ0n) is 10.3. The first-order valence-corrected chi connectivity index (χ1v) is 6.08. The second kappa shape index (κ2) is 5.13. The van der Waals surface area contributed by atoms with Crippen molar-refractivity contribution in [1.82, 2.24) is 10.2 Å². The molecule has 0 amide bonds. The largest absolute Gasteiger partial charge is 0.314 e. The van der Waals surface area contributed by atoms with Gasteiger partial charge in [0.1, 0.15) is 0 Å². The summed E-state index contributed by atoms with van der Waals surface area (Å²) in [5.74, 6) is 0.832. The highest BCUT2D eigenvalue weighted by atomic mass is 15.3. The smallest absolute Gasteiger partial charge is 0.0303 e. The first kappa shape index (κ1) is 12.0. The molecule has 1 heterocycles. The van der Waals surface area contributed by atoms with Crippen LogP contribution in [0.5, 0.6) is 0 Å². The van der Waals surface area contributed by atoms with Crippen molar-refractivity contribution < 1.29 is 0 Å². The summed E-state index contributed by atoms with van der Waals surface area (Å²) in [6.07, 6.45) is 2.54. The Kier molecular flexibility index (Phi) is 4.39. The van der Waals surface area contributed by atoms with Gasteiger partial charge < -0.3 is 5.32 Å². The molecule has 0 radical (unpaired) electrons. The van der Waals surface area contributed by atoms with Gasteiger partial charge in [-0.05, 0) is 19.3 Å². The monoisotopic (exact) mass is 198 g/mol. The molecule has 1 rings (SSSR count). The Balaban J connectivity index is 2.54. The topological polar surface area (TPSA) is 15.3 Å². The predicted octanol–water partition coefficient (Wildman–Crippen LogP) is 2.11. The van der Waals surface area contributed by atoms with Crippen molar-refractivity contribution in [2.45, 2.75) is 46.1 Å². The normalized spacial score (nSPS) is 31.7. The van der Waals surface area contributed by atoms with E-state index in [4.69, 9.17) is 0 Å². The van der Waals surface area contributed by atoms with Crippen LogP contribution in [0.3, 0.4) is 0 Å². The van der Waals surface area contributed by atoms with Gasteiger partial charge in [0, 0.05) is 31.7 Å². The first-order chi connectivity index (χ1) is 6.62. The molecule has 1 aliphatic heterocycles. The summed E-state index contributed by atoms with van der Waals surface area (Å²) in [7, 11) is 0. The molecule has 2 heteroatoms. The van der Waals surface area contributed by atoms with Crippen LogP contribution in [0.4, 0.5) is 0 Å². The zero-order chi connectivity index (χ0) is 10.6. The summed E-state index contributed by atoms with van der Waals surface area (Å²) < 4.78 is 0. The van der Waals surface area contributed by atoms with Crippen LogP contribution >= 0.6 is 0 Å². The quantitative estimate of drug-likeness (QED) is 0.744. The molecular formula is C12H26N2. The van der Waals surface area contributed by atoms with Gasteiger partial charge in [-0.2, -0.15) is 0 Å². The second-order valence-electron chi connectivity index (χ2n) is 4.99. The maximum absolute atomic E-state index is 3.51. The molecule has 0 spiro atoms. The van der Waals surface area contributed by atoms with Gasteiger partial charge >= 0.3 is 0 Å². The molecular weight excluding hydrogens is 172 g/mol. The molecule has 0 saturated carbocycles. The third kappa shape index (κ3) is 2.71. The lowest BCUT2D eigenvalue weighted by molar-refractivity contribution is 0.0571. The molecule has 0 aromatic carbocycles. The van der Waals surface area contributed by atoms with E-state index in [1.165, 1.54) is 25.9 Å². The maximum atomic E-state index is 3.51. The minimum Gasteiger partial charge on any atom is -0.314 e. The molecule has 2 unspecified atom stereocenters. The van der Waals surface area contributed by atoms with Crippen LogP contribution in [-0.2, 0) is 0 Å². The maximum Gasteiger partial charge on any atom is 0.0303 e. The van der Waals surface area contributed by atoms with E-state index in [1.54, 1.807) is 0 Å². The summed E-state index contributed by atoms with van der Waals surface area (Å²) in [4.78, 5) is 2.68. The van der Waals surface area contributed by atoms with Crippen molar-refractivity contribution in [3.63, 3.8) is 0 Å². The van der Waals surface area contributed by atoms with E-state index < -0.39 is 0 Å². The molecule has 0 aromatic rings. The van der Waals surface area contributed by atoms with Crippen LogP contribution in [0.2, 0.25) is 0 Å². The minimum atomic E-state index is 0.391. The summed E-state index contributed by atoms with van der Waals surface area (Å²) in [5.41, 5.74) is 0.391. The van der Waals surface area contributed by atoms with Crippen LogP contribution in [0.25, 0.3) is 0 Å². The first-order valence-electron chi connectivity index (χ1n) is 6.08. The third-order valence-electron chi connectivity index (χ3n) is 3.82. The van der Waals surface area contributed by atoms with Crippen LogP contribution in [0.1, 0.15) is 40.5 Å². The number of hydrogen-bond acceptors (Lipinski definition) is 2. The standard InChI is InChI=1S/C12H26N2/c1-5-11(3)9-14-8-7-13-10-12(14,4)6-2/h11,13H,5-10H2,1-4H3. The summed E-state index contributed by atoms with van der Waals surface area (Å²) in [6, 6.07) is 0. The fourth-order valence-electron chi connectivity index (χ4n) is 2.12. The van der Waals surface area contributed by atoms with E-state index in [0.717, 1.165) is 19.0 Å². The van der Waals surface area contributed by atoms with Gasteiger partial charge in [0.05, 0.1) is 0 Å². The van der Waals surface area contributed by atoms with Gasteiger partial charge in [0.15, 0.2) is 0 Å². The van der Waals surface area contributed by atoms with Crippen molar-refractivity contribution in [2.75, 3.05) is 26.2 Å². The Bertz CT molecular complexity index is 170. The van der Waals surface area contributed by atoms with Gasteiger partial charge in [0.2, 0.25) is 0 Å². The molecule has 2 nitrogen and oxygen atoms in total. The lowest BCUT2D eigenvalue weighted by atomic mass is 9.92.